The third-order valence-corrected chi connectivity index (χ3v) is 4.92. The van der Waals surface area contributed by atoms with E-state index >= 15 is 0 Å². The summed E-state index contributed by atoms with van der Waals surface area (Å²) in [5, 5.41) is 9.85. The number of amides is 1. The summed E-state index contributed by atoms with van der Waals surface area (Å²) in [6, 6.07) is 3.70. The standard InChI is InChI=1S/C20H24N4O2/c1-13(2)17-16(26-4)10-14(3)18-19(17)15(11-21)24(20(18)25)8-5-7-23-9-6-22-12-23/h6,9-10,12-13,15H,5,7-8H2,1-4H3. The molecular weight excluding hydrogens is 328 g/mol. The Morgan fingerprint density at radius 1 is 1.38 bits per heavy atom. The molecule has 1 aliphatic heterocycles. The Hall–Kier alpha value is -2.81. The van der Waals surface area contributed by atoms with Gasteiger partial charge in [0.05, 0.1) is 19.5 Å². The normalized spacial score (nSPS) is 16.1. The average Bonchev–Trinajstić information content (AvgIpc) is 3.21. The highest BCUT2D eigenvalue weighted by Crippen LogP contribution is 2.44. The number of benzene rings is 1. The summed E-state index contributed by atoms with van der Waals surface area (Å²) >= 11 is 0. The maximum absolute atomic E-state index is 13.1. The summed E-state index contributed by atoms with van der Waals surface area (Å²) in [6.07, 6.45) is 6.16. The number of imidazole rings is 1. The van der Waals surface area contributed by atoms with E-state index in [0.717, 1.165) is 35.4 Å². The van der Waals surface area contributed by atoms with Crippen molar-refractivity contribution in [1.29, 1.82) is 5.26 Å². The molecule has 26 heavy (non-hydrogen) atoms. The Balaban J connectivity index is 1.95. The SMILES string of the molecule is COc1cc(C)c2c(c1C(C)C)C(C#N)N(CCCn1ccnc1)C2=O. The molecule has 0 spiro atoms. The molecule has 0 radical (unpaired) electrons. The fraction of sp³-hybridized carbons (Fsp3) is 0.450. The lowest BCUT2D eigenvalue weighted by Crippen LogP contribution is -2.29. The van der Waals surface area contributed by atoms with E-state index in [4.69, 9.17) is 4.74 Å². The summed E-state index contributed by atoms with van der Waals surface area (Å²) in [4.78, 5) is 18.8. The van der Waals surface area contributed by atoms with E-state index in [1.54, 1.807) is 24.5 Å². The number of hydrogen-bond donors (Lipinski definition) is 0. The van der Waals surface area contributed by atoms with Crippen molar-refractivity contribution in [3.63, 3.8) is 0 Å². The largest absolute Gasteiger partial charge is 0.496 e. The molecule has 1 unspecified atom stereocenters. The molecule has 1 aromatic carbocycles. The number of ether oxygens (including phenoxy) is 1. The van der Waals surface area contributed by atoms with Crippen LogP contribution in [-0.4, -0.2) is 34.0 Å². The maximum atomic E-state index is 13.1. The Labute approximate surface area is 154 Å². The molecule has 1 amide bonds. The minimum absolute atomic E-state index is 0.0563. The Morgan fingerprint density at radius 3 is 2.73 bits per heavy atom. The number of methoxy groups -OCH3 is 1. The number of nitriles is 1. The molecule has 2 heterocycles. The first-order chi connectivity index (χ1) is 12.5. The number of nitrogens with zero attached hydrogens (tertiary/aromatic N) is 4. The van der Waals surface area contributed by atoms with E-state index in [2.05, 4.69) is 24.9 Å². The van der Waals surface area contributed by atoms with Crippen molar-refractivity contribution in [1.82, 2.24) is 14.5 Å². The first-order valence-electron chi connectivity index (χ1n) is 8.87. The first-order valence-corrected chi connectivity index (χ1v) is 8.87. The number of hydrogen-bond acceptors (Lipinski definition) is 4. The van der Waals surface area contributed by atoms with E-state index in [1.807, 2.05) is 23.8 Å². The van der Waals surface area contributed by atoms with Gasteiger partial charge < -0.3 is 14.2 Å². The van der Waals surface area contributed by atoms with Gasteiger partial charge in [0, 0.05) is 42.2 Å². The molecule has 0 saturated carbocycles. The number of fused-ring (bicyclic) bond motifs is 1. The molecule has 0 saturated heterocycles. The number of aryl methyl sites for hydroxylation is 2. The second-order valence-electron chi connectivity index (χ2n) is 6.94. The van der Waals surface area contributed by atoms with Gasteiger partial charge in [0.25, 0.3) is 5.91 Å². The van der Waals surface area contributed by atoms with Crippen molar-refractivity contribution in [2.24, 2.45) is 0 Å². The Bertz CT molecular complexity index is 850. The van der Waals surface area contributed by atoms with Crippen LogP contribution in [0.3, 0.4) is 0 Å². The van der Waals surface area contributed by atoms with Crippen molar-refractivity contribution in [2.75, 3.05) is 13.7 Å². The first kappa shape index (κ1) is 18.0. The van der Waals surface area contributed by atoms with Crippen LogP contribution in [0.25, 0.3) is 0 Å². The highest BCUT2D eigenvalue weighted by atomic mass is 16.5. The van der Waals surface area contributed by atoms with Gasteiger partial charge in [-0.25, -0.2) is 4.98 Å². The third-order valence-electron chi connectivity index (χ3n) is 4.92. The predicted octanol–water partition coefficient (Wildman–Crippen LogP) is 3.43. The summed E-state index contributed by atoms with van der Waals surface area (Å²) in [6.45, 7) is 7.33. The van der Waals surface area contributed by atoms with Crippen molar-refractivity contribution in [3.05, 3.63) is 47.0 Å². The molecular formula is C20H24N4O2. The lowest BCUT2D eigenvalue weighted by Gasteiger charge is -2.22. The van der Waals surface area contributed by atoms with E-state index in [0.29, 0.717) is 12.1 Å². The zero-order valence-electron chi connectivity index (χ0n) is 15.7. The van der Waals surface area contributed by atoms with Gasteiger partial charge in [-0.15, -0.1) is 0 Å². The maximum Gasteiger partial charge on any atom is 0.255 e. The van der Waals surface area contributed by atoms with Crippen LogP contribution in [0.1, 0.15) is 59.3 Å². The van der Waals surface area contributed by atoms with Crippen molar-refractivity contribution < 1.29 is 9.53 Å². The summed E-state index contributed by atoms with van der Waals surface area (Å²) in [5.74, 6) is 0.859. The average molecular weight is 352 g/mol. The number of rotatable bonds is 6. The van der Waals surface area contributed by atoms with Crippen LogP contribution in [0.2, 0.25) is 0 Å². The minimum atomic E-state index is -0.563. The molecule has 3 rings (SSSR count). The highest BCUT2D eigenvalue weighted by Gasteiger charge is 2.41. The zero-order chi connectivity index (χ0) is 18.8. The predicted molar refractivity (Wildman–Crippen MR) is 98.1 cm³/mol. The molecule has 0 bridgehead atoms. The van der Waals surface area contributed by atoms with Crippen LogP contribution in [0.4, 0.5) is 0 Å². The van der Waals surface area contributed by atoms with Crippen molar-refractivity contribution in [3.8, 4) is 11.8 Å². The minimum Gasteiger partial charge on any atom is -0.496 e. The molecule has 0 aliphatic carbocycles. The zero-order valence-corrected chi connectivity index (χ0v) is 15.7. The molecule has 0 fully saturated rings. The van der Waals surface area contributed by atoms with Crippen molar-refractivity contribution >= 4 is 5.91 Å². The van der Waals surface area contributed by atoms with Crippen LogP contribution in [0.5, 0.6) is 5.75 Å². The van der Waals surface area contributed by atoms with Crippen LogP contribution in [0, 0.1) is 18.3 Å². The van der Waals surface area contributed by atoms with Gasteiger partial charge in [0.15, 0.2) is 0 Å². The fourth-order valence-corrected chi connectivity index (χ4v) is 3.78. The van der Waals surface area contributed by atoms with Crippen molar-refractivity contribution in [2.45, 2.75) is 45.7 Å². The van der Waals surface area contributed by atoms with Gasteiger partial charge in [-0.05, 0) is 30.9 Å². The second kappa shape index (κ2) is 7.20. The Kier molecular flexibility index (Phi) is 4.99. The summed E-state index contributed by atoms with van der Waals surface area (Å²) in [5.41, 5.74) is 3.32. The molecule has 6 heteroatoms. The topological polar surface area (TPSA) is 71.2 Å². The van der Waals surface area contributed by atoms with Gasteiger partial charge in [0.2, 0.25) is 0 Å². The lowest BCUT2D eigenvalue weighted by atomic mass is 9.88. The van der Waals surface area contributed by atoms with Gasteiger partial charge in [-0.3, -0.25) is 4.79 Å². The lowest BCUT2D eigenvalue weighted by molar-refractivity contribution is 0.0753. The second-order valence-corrected chi connectivity index (χ2v) is 6.94. The van der Waals surface area contributed by atoms with E-state index in [1.165, 1.54) is 0 Å². The van der Waals surface area contributed by atoms with Crippen LogP contribution in [-0.2, 0) is 6.54 Å². The smallest absolute Gasteiger partial charge is 0.255 e. The summed E-state index contributed by atoms with van der Waals surface area (Å²) < 4.78 is 7.53. The van der Waals surface area contributed by atoms with Crippen LogP contribution >= 0.6 is 0 Å². The van der Waals surface area contributed by atoms with E-state index in [9.17, 15) is 10.1 Å². The highest BCUT2D eigenvalue weighted by molar-refractivity contribution is 6.02. The monoisotopic (exact) mass is 352 g/mol. The number of carbonyl (C=O) groups excluding carboxylic acids is 1. The van der Waals surface area contributed by atoms with Gasteiger partial charge in [0.1, 0.15) is 11.8 Å². The fourth-order valence-electron chi connectivity index (χ4n) is 3.78. The number of aromatic nitrogens is 2. The molecule has 136 valence electrons. The Morgan fingerprint density at radius 2 is 2.15 bits per heavy atom. The molecule has 0 N–H and O–H groups in total. The molecule has 1 aliphatic rings. The molecule has 2 aromatic rings. The van der Waals surface area contributed by atoms with Crippen LogP contribution < -0.4 is 4.74 Å². The molecule has 1 aromatic heterocycles. The van der Waals surface area contributed by atoms with E-state index < -0.39 is 6.04 Å². The molecule has 6 nitrogen and oxygen atoms in total. The summed E-state index contributed by atoms with van der Waals surface area (Å²) in [7, 11) is 1.63. The third kappa shape index (κ3) is 2.94. The quantitative estimate of drug-likeness (QED) is 0.798. The van der Waals surface area contributed by atoms with Gasteiger partial charge >= 0.3 is 0 Å². The number of carbonyl (C=O) groups is 1. The van der Waals surface area contributed by atoms with E-state index in [-0.39, 0.29) is 11.8 Å². The molecule has 1 atom stereocenters. The van der Waals surface area contributed by atoms with Gasteiger partial charge in [-0.1, -0.05) is 13.8 Å². The van der Waals surface area contributed by atoms with Gasteiger partial charge in [-0.2, -0.15) is 5.26 Å². The van der Waals surface area contributed by atoms with Crippen LogP contribution in [0.15, 0.2) is 24.8 Å².